The van der Waals surface area contributed by atoms with E-state index < -0.39 is 34.5 Å². The van der Waals surface area contributed by atoms with Gasteiger partial charge in [0.25, 0.3) is 0 Å². The highest BCUT2D eigenvalue weighted by Crippen LogP contribution is 2.38. The molecule has 0 radical (unpaired) electrons. The van der Waals surface area contributed by atoms with Crippen LogP contribution in [0.5, 0.6) is 0 Å². The summed E-state index contributed by atoms with van der Waals surface area (Å²) in [7, 11) is 0. The molecule has 0 unspecified atom stereocenters. The molecule has 20 heavy (non-hydrogen) atoms. The Morgan fingerprint density at radius 2 is 1.60 bits per heavy atom. The molecule has 0 aliphatic carbocycles. The van der Waals surface area contributed by atoms with E-state index in [0.717, 1.165) is 24.3 Å². The van der Waals surface area contributed by atoms with Crippen LogP contribution >= 0.6 is 0 Å². The number of aldehydes is 1. The SMILES string of the molecule is O=Cc1ccc(C(F)(F)F)c(-c2ccc(F)cc2F)c1. The van der Waals surface area contributed by atoms with Gasteiger partial charge in [-0.25, -0.2) is 8.78 Å². The van der Waals surface area contributed by atoms with Gasteiger partial charge in [0.1, 0.15) is 17.9 Å². The maximum absolute atomic E-state index is 13.6. The lowest BCUT2D eigenvalue weighted by Gasteiger charge is -2.14. The van der Waals surface area contributed by atoms with Crippen LogP contribution in [0, 0.1) is 11.6 Å². The third-order valence-corrected chi connectivity index (χ3v) is 2.71. The minimum absolute atomic E-state index is 0.0308. The van der Waals surface area contributed by atoms with Crippen LogP contribution in [-0.4, -0.2) is 6.29 Å². The van der Waals surface area contributed by atoms with Crippen molar-refractivity contribution in [3.63, 3.8) is 0 Å². The Kier molecular flexibility index (Phi) is 3.57. The molecule has 0 aliphatic rings. The molecule has 0 spiro atoms. The van der Waals surface area contributed by atoms with E-state index in [4.69, 9.17) is 0 Å². The predicted molar refractivity (Wildman–Crippen MR) is 62.2 cm³/mol. The first-order valence-electron chi connectivity index (χ1n) is 5.45. The van der Waals surface area contributed by atoms with Crippen molar-refractivity contribution >= 4 is 6.29 Å². The van der Waals surface area contributed by atoms with Crippen molar-refractivity contribution in [3.05, 3.63) is 59.2 Å². The number of carbonyl (C=O) groups excluding carboxylic acids is 1. The lowest BCUT2D eigenvalue weighted by atomic mass is 9.96. The summed E-state index contributed by atoms with van der Waals surface area (Å²) in [5.41, 5.74) is -2.03. The summed E-state index contributed by atoms with van der Waals surface area (Å²) >= 11 is 0. The fraction of sp³-hybridized carbons (Fsp3) is 0.0714. The highest BCUT2D eigenvalue weighted by molar-refractivity contribution is 5.80. The summed E-state index contributed by atoms with van der Waals surface area (Å²) in [4.78, 5) is 10.7. The van der Waals surface area contributed by atoms with Gasteiger partial charge < -0.3 is 0 Å². The number of hydrogen-bond acceptors (Lipinski definition) is 1. The standard InChI is InChI=1S/C14H7F5O/c15-9-2-3-10(13(16)6-9)11-5-8(7-20)1-4-12(11)14(17,18)19/h1-7H. The molecule has 0 aromatic heterocycles. The summed E-state index contributed by atoms with van der Waals surface area (Å²) in [6.45, 7) is 0. The van der Waals surface area contributed by atoms with Crippen LogP contribution in [0.25, 0.3) is 11.1 Å². The van der Waals surface area contributed by atoms with Crippen LogP contribution in [0.2, 0.25) is 0 Å². The zero-order valence-electron chi connectivity index (χ0n) is 9.84. The molecule has 0 amide bonds. The van der Waals surface area contributed by atoms with E-state index in [-0.39, 0.29) is 5.56 Å². The van der Waals surface area contributed by atoms with Crippen LogP contribution in [0.4, 0.5) is 22.0 Å². The van der Waals surface area contributed by atoms with E-state index in [2.05, 4.69) is 0 Å². The fourth-order valence-electron chi connectivity index (χ4n) is 1.81. The average molecular weight is 286 g/mol. The number of hydrogen-bond donors (Lipinski definition) is 0. The Morgan fingerprint density at radius 3 is 2.15 bits per heavy atom. The Morgan fingerprint density at radius 1 is 0.900 bits per heavy atom. The maximum atomic E-state index is 13.6. The first-order chi connectivity index (χ1) is 9.32. The van der Waals surface area contributed by atoms with E-state index in [1.165, 1.54) is 0 Å². The topological polar surface area (TPSA) is 17.1 Å². The maximum Gasteiger partial charge on any atom is 0.417 e. The predicted octanol–water partition coefficient (Wildman–Crippen LogP) is 4.46. The quantitative estimate of drug-likeness (QED) is 0.588. The van der Waals surface area contributed by atoms with Crippen molar-refractivity contribution < 1.29 is 26.7 Å². The molecule has 1 nitrogen and oxygen atoms in total. The van der Waals surface area contributed by atoms with Gasteiger partial charge in [0.15, 0.2) is 0 Å². The second-order valence-electron chi connectivity index (χ2n) is 4.04. The minimum Gasteiger partial charge on any atom is -0.298 e. The monoisotopic (exact) mass is 286 g/mol. The highest BCUT2D eigenvalue weighted by atomic mass is 19.4. The lowest BCUT2D eigenvalue weighted by Crippen LogP contribution is -2.08. The van der Waals surface area contributed by atoms with Gasteiger partial charge >= 0.3 is 6.18 Å². The van der Waals surface area contributed by atoms with E-state index >= 15 is 0 Å². The van der Waals surface area contributed by atoms with E-state index in [9.17, 15) is 26.7 Å². The second kappa shape index (κ2) is 5.03. The molecule has 2 aromatic carbocycles. The Bertz CT molecular complexity index is 661. The first-order valence-corrected chi connectivity index (χ1v) is 5.45. The Labute approximate surface area is 110 Å². The van der Waals surface area contributed by atoms with Gasteiger partial charge in [0, 0.05) is 17.2 Å². The van der Waals surface area contributed by atoms with E-state index in [1.807, 2.05) is 0 Å². The molecule has 2 aromatic rings. The zero-order chi connectivity index (χ0) is 14.9. The van der Waals surface area contributed by atoms with Crippen molar-refractivity contribution in [1.29, 1.82) is 0 Å². The third-order valence-electron chi connectivity index (χ3n) is 2.71. The molecule has 6 heteroatoms. The molecule has 0 saturated heterocycles. The number of benzene rings is 2. The fourth-order valence-corrected chi connectivity index (χ4v) is 1.81. The Balaban J connectivity index is 2.73. The van der Waals surface area contributed by atoms with Gasteiger partial charge in [-0.15, -0.1) is 0 Å². The molecular weight excluding hydrogens is 279 g/mol. The van der Waals surface area contributed by atoms with Gasteiger partial charge in [-0.3, -0.25) is 4.79 Å². The van der Waals surface area contributed by atoms with Crippen molar-refractivity contribution in [3.8, 4) is 11.1 Å². The van der Waals surface area contributed by atoms with Crippen molar-refractivity contribution in [2.45, 2.75) is 6.18 Å². The van der Waals surface area contributed by atoms with Crippen LogP contribution in [-0.2, 0) is 6.18 Å². The number of carbonyl (C=O) groups is 1. The molecule has 2 rings (SSSR count). The van der Waals surface area contributed by atoms with Crippen molar-refractivity contribution in [2.24, 2.45) is 0 Å². The van der Waals surface area contributed by atoms with E-state index in [1.54, 1.807) is 0 Å². The summed E-state index contributed by atoms with van der Waals surface area (Å²) in [6, 6.07) is 4.85. The molecule has 0 atom stereocenters. The van der Waals surface area contributed by atoms with Gasteiger partial charge in [-0.05, 0) is 29.8 Å². The lowest BCUT2D eigenvalue weighted by molar-refractivity contribution is -0.137. The minimum atomic E-state index is -4.71. The summed E-state index contributed by atoms with van der Waals surface area (Å²) < 4.78 is 65.2. The van der Waals surface area contributed by atoms with Crippen LogP contribution in [0.3, 0.4) is 0 Å². The van der Waals surface area contributed by atoms with Gasteiger partial charge in [0.05, 0.1) is 5.56 Å². The van der Waals surface area contributed by atoms with Gasteiger partial charge in [-0.1, -0.05) is 6.07 Å². The smallest absolute Gasteiger partial charge is 0.298 e. The molecular formula is C14H7F5O. The molecule has 0 N–H and O–H groups in total. The summed E-state index contributed by atoms with van der Waals surface area (Å²) in [5.74, 6) is -2.02. The normalized spacial score (nSPS) is 11.4. The number of alkyl halides is 3. The zero-order valence-corrected chi connectivity index (χ0v) is 9.84. The van der Waals surface area contributed by atoms with Crippen LogP contribution in [0.1, 0.15) is 15.9 Å². The third kappa shape index (κ3) is 2.68. The van der Waals surface area contributed by atoms with Crippen molar-refractivity contribution in [1.82, 2.24) is 0 Å². The molecule has 0 aliphatic heterocycles. The first kappa shape index (κ1) is 14.2. The Hall–Kier alpha value is -2.24. The molecule has 0 heterocycles. The van der Waals surface area contributed by atoms with Gasteiger partial charge in [0.2, 0.25) is 0 Å². The van der Waals surface area contributed by atoms with Crippen molar-refractivity contribution in [2.75, 3.05) is 0 Å². The number of rotatable bonds is 2. The highest BCUT2D eigenvalue weighted by Gasteiger charge is 2.34. The van der Waals surface area contributed by atoms with Gasteiger partial charge in [-0.2, -0.15) is 13.2 Å². The average Bonchev–Trinajstić information content (AvgIpc) is 2.37. The second-order valence-corrected chi connectivity index (χ2v) is 4.04. The van der Waals surface area contributed by atoms with Crippen LogP contribution < -0.4 is 0 Å². The molecule has 0 saturated carbocycles. The largest absolute Gasteiger partial charge is 0.417 e. The number of halogens is 5. The summed E-state index contributed by atoms with van der Waals surface area (Å²) in [5, 5.41) is 0. The van der Waals surface area contributed by atoms with E-state index in [0.29, 0.717) is 18.4 Å². The molecule has 0 bridgehead atoms. The van der Waals surface area contributed by atoms with Crippen LogP contribution in [0.15, 0.2) is 36.4 Å². The molecule has 104 valence electrons. The molecule has 0 fully saturated rings. The summed E-state index contributed by atoms with van der Waals surface area (Å²) in [6.07, 6.45) is -4.36.